The van der Waals surface area contributed by atoms with Crippen LogP contribution in [0.2, 0.25) is 0 Å². The molecular formula is C26H28N2O5. The van der Waals surface area contributed by atoms with E-state index < -0.39 is 17.6 Å². The van der Waals surface area contributed by atoms with Gasteiger partial charge in [-0.1, -0.05) is 48.5 Å². The lowest BCUT2D eigenvalue weighted by Gasteiger charge is -2.20. The first-order valence-electron chi connectivity index (χ1n) is 11.6. The van der Waals surface area contributed by atoms with Gasteiger partial charge in [0, 0.05) is 18.4 Å². The zero-order valence-corrected chi connectivity index (χ0v) is 18.4. The maximum Gasteiger partial charge on any atom is 0.407 e. The summed E-state index contributed by atoms with van der Waals surface area (Å²) < 4.78 is 5.62. The molecule has 172 valence electrons. The van der Waals surface area contributed by atoms with Crippen LogP contribution in [-0.2, 0) is 14.3 Å². The van der Waals surface area contributed by atoms with E-state index >= 15 is 0 Å². The summed E-state index contributed by atoms with van der Waals surface area (Å²) in [4.78, 5) is 36.2. The molecule has 0 aromatic heterocycles. The van der Waals surface area contributed by atoms with Crippen LogP contribution in [0.1, 0.15) is 55.6 Å². The first-order chi connectivity index (χ1) is 15.9. The Kier molecular flexibility index (Phi) is 5.56. The molecule has 3 N–H and O–H groups in total. The molecule has 0 saturated heterocycles. The highest BCUT2D eigenvalue weighted by Crippen LogP contribution is 2.44. The van der Waals surface area contributed by atoms with E-state index in [4.69, 9.17) is 9.84 Å². The quantitative estimate of drug-likeness (QED) is 0.597. The number of fused-ring (bicyclic) bond motifs is 3. The fourth-order valence-corrected chi connectivity index (χ4v) is 5.27. The summed E-state index contributed by atoms with van der Waals surface area (Å²) in [6.45, 7) is 0.237. The Morgan fingerprint density at radius 1 is 0.970 bits per heavy atom. The highest BCUT2D eigenvalue weighted by molar-refractivity contribution is 5.81. The van der Waals surface area contributed by atoms with Crippen LogP contribution in [-0.4, -0.2) is 41.3 Å². The number of carboxylic acids is 1. The molecule has 0 radical (unpaired) electrons. The van der Waals surface area contributed by atoms with Gasteiger partial charge in [-0.3, -0.25) is 9.59 Å². The van der Waals surface area contributed by atoms with Gasteiger partial charge in [0.25, 0.3) is 0 Å². The topological polar surface area (TPSA) is 105 Å². The van der Waals surface area contributed by atoms with Gasteiger partial charge < -0.3 is 20.5 Å². The zero-order valence-electron chi connectivity index (χ0n) is 18.4. The SMILES string of the molecule is O=C(CC1(NC(=O)OCC2c3ccccc3-c3ccccc32)CC1)N[C@@H]1CC[C@H](C(=O)O)C1. The molecule has 7 heteroatoms. The monoisotopic (exact) mass is 448 g/mol. The van der Waals surface area contributed by atoms with Crippen LogP contribution in [0.3, 0.4) is 0 Å². The van der Waals surface area contributed by atoms with Crippen molar-refractivity contribution in [3.05, 3.63) is 59.7 Å². The molecule has 33 heavy (non-hydrogen) atoms. The number of nitrogens with one attached hydrogen (secondary N) is 2. The molecule has 2 aromatic carbocycles. The predicted octanol–water partition coefficient (Wildman–Crippen LogP) is 3.82. The van der Waals surface area contributed by atoms with Crippen molar-refractivity contribution in [1.29, 1.82) is 0 Å². The summed E-state index contributed by atoms with van der Waals surface area (Å²) in [5.74, 6) is -1.35. The van der Waals surface area contributed by atoms with Gasteiger partial charge in [0.1, 0.15) is 6.61 Å². The summed E-state index contributed by atoms with van der Waals surface area (Å²) in [5, 5.41) is 15.0. The largest absolute Gasteiger partial charge is 0.481 e. The molecule has 7 nitrogen and oxygen atoms in total. The number of rotatable bonds is 7. The van der Waals surface area contributed by atoms with Crippen molar-refractivity contribution in [2.24, 2.45) is 5.92 Å². The minimum atomic E-state index is -0.803. The molecule has 0 heterocycles. The zero-order chi connectivity index (χ0) is 23.0. The Bertz CT molecular complexity index is 1050. The second-order valence-corrected chi connectivity index (χ2v) is 9.52. The maximum atomic E-state index is 12.6. The average Bonchev–Trinajstić information content (AvgIpc) is 3.24. The van der Waals surface area contributed by atoms with Gasteiger partial charge in [0.05, 0.1) is 11.5 Å². The molecule has 2 fully saturated rings. The lowest BCUT2D eigenvalue weighted by molar-refractivity contribution is -0.141. The first-order valence-corrected chi connectivity index (χ1v) is 11.6. The molecule has 0 unspecified atom stereocenters. The number of hydrogen-bond donors (Lipinski definition) is 3. The molecule has 0 aliphatic heterocycles. The van der Waals surface area contributed by atoms with Gasteiger partial charge in [0.15, 0.2) is 0 Å². The molecule has 2 saturated carbocycles. The van der Waals surface area contributed by atoms with E-state index in [0.29, 0.717) is 19.3 Å². The Morgan fingerprint density at radius 2 is 1.61 bits per heavy atom. The first kappa shape index (κ1) is 21.5. The van der Waals surface area contributed by atoms with Crippen molar-refractivity contribution < 1.29 is 24.2 Å². The fraction of sp³-hybridized carbons (Fsp3) is 0.423. The van der Waals surface area contributed by atoms with Crippen molar-refractivity contribution in [1.82, 2.24) is 10.6 Å². The van der Waals surface area contributed by atoms with Crippen molar-refractivity contribution >= 4 is 18.0 Å². The average molecular weight is 449 g/mol. The Morgan fingerprint density at radius 3 is 2.18 bits per heavy atom. The molecule has 0 spiro atoms. The number of carbonyl (C=O) groups is 3. The standard InChI is InChI=1S/C26H28N2O5/c29-23(27-17-10-9-16(13-17)24(30)31)14-26(11-12-26)28-25(32)33-15-22-20-7-3-1-5-18(20)19-6-2-4-8-21(19)22/h1-8,16-17,22H,9-15H2,(H,27,29)(H,28,32)(H,30,31)/t16-,17+/m0/s1. The van der Waals surface area contributed by atoms with Gasteiger partial charge in [-0.25, -0.2) is 4.79 Å². The molecule has 2 aromatic rings. The van der Waals surface area contributed by atoms with Gasteiger partial charge in [-0.2, -0.15) is 0 Å². The third kappa shape index (κ3) is 4.45. The Balaban J connectivity index is 1.14. The molecule has 3 aliphatic rings. The van der Waals surface area contributed by atoms with Crippen molar-refractivity contribution in [3.63, 3.8) is 0 Å². The predicted molar refractivity (Wildman–Crippen MR) is 122 cm³/mol. The lowest BCUT2D eigenvalue weighted by atomic mass is 9.98. The normalized spacial score (nSPS) is 22.2. The minimum absolute atomic E-state index is 0.00820. The van der Waals surface area contributed by atoms with Crippen LogP contribution in [0.25, 0.3) is 11.1 Å². The van der Waals surface area contributed by atoms with E-state index in [-0.39, 0.29) is 36.8 Å². The highest BCUT2D eigenvalue weighted by Gasteiger charge is 2.46. The Labute approximate surface area is 192 Å². The van der Waals surface area contributed by atoms with Crippen molar-refractivity contribution in [3.8, 4) is 11.1 Å². The molecule has 3 aliphatic carbocycles. The number of hydrogen-bond acceptors (Lipinski definition) is 4. The van der Waals surface area contributed by atoms with E-state index in [1.807, 2.05) is 24.3 Å². The number of aliphatic carboxylic acids is 1. The van der Waals surface area contributed by atoms with Crippen molar-refractivity contribution in [2.45, 2.75) is 56.0 Å². The number of alkyl carbamates (subject to hydrolysis) is 1. The summed E-state index contributed by atoms with van der Waals surface area (Å²) in [5.41, 5.74) is 4.10. The molecular weight excluding hydrogens is 420 g/mol. The van der Waals surface area contributed by atoms with Crippen LogP contribution in [0.5, 0.6) is 0 Å². The van der Waals surface area contributed by atoms with Crippen LogP contribution in [0, 0.1) is 5.92 Å². The van der Waals surface area contributed by atoms with Crippen LogP contribution in [0.15, 0.2) is 48.5 Å². The summed E-state index contributed by atoms with van der Waals surface area (Å²) in [6, 6.07) is 16.3. The van der Waals surface area contributed by atoms with Gasteiger partial charge in [-0.15, -0.1) is 0 Å². The van der Waals surface area contributed by atoms with E-state index in [2.05, 4.69) is 34.9 Å². The molecule has 2 amide bonds. The fourth-order valence-electron chi connectivity index (χ4n) is 5.27. The van der Waals surface area contributed by atoms with Crippen LogP contribution in [0.4, 0.5) is 4.79 Å². The highest BCUT2D eigenvalue weighted by atomic mass is 16.5. The number of carboxylic acid groups (broad SMARTS) is 1. The molecule has 5 rings (SSSR count). The summed E-state index contributed by atoms with van der Waals surface area (Å²) in [6.07, 6.45) is 2.87. The van der Waals surface area contributed by atoms with E-state index in [0.717, 1.165) is 24.0 Å². The van der Waals surface area contributed by atoms with Crippen LogP contribution < -0.4 is 10.6 Å². The van der Waals surface area contributed by atoms with E-state index in [1.54, 1.807) is 0 Å². The summed E-state index contributed by atoms with van der Waals surface area (Å²) in [7, 11) is 0. The minimum Gasteiger partial charge on any atom is -0.481 e. The van der Waals surface area contributed by atoms with Gasteiger partial charge in [0.2, 0.25) is 5.91 Å². The lowest BCUT2D eigenvalue weighted by Crippen LogP contribution is -2.43. The molecule has 2 atom stereocenters. The van der Waals surface area contributed by atoms with Crippen molar-refractivity contribution in [2.75, 3.05) is 6.61 Å². The maximum absolute atomic E-state index is 12.6. The summed E-state index contributed by atoms with van der Waals surface area (Å²) >= 11 is 0. The number of amides is 2. The second-order valence-electron chi connectivity index (χ2n) is 9.52. The van der Waals surface area contributed by atoms with E-state index in [1.165, 1.54) is 11.1 Å². The van der Waals surface area contributed by atoms with E-state index in [9.17, 15) is 14.4 Å². The van der Waals surface area contributed by atoms with Gasteiger partial charge in [-0.05, 0) is 54.4 Å². The number of carbonyl (C=O) groups excluding carboxylic acids is 2. The smallest absolute Gasteiger partial charge is 0.407 e. The third-order valence-electron chi connectivity index (χ3n) is 7.21. The number of ether oxygens (including phenoxy) is 1. The van der Waals surface area contributed by atoms with Gasteiger partial charge >= 0.3 is 12.1 Å². The Hall–Kier alpha value is -3.35. The second kappa shape index (κ2) is 8.54. The van der Waals surface area contributed by atoms with Crippen LogP contribution >= 0.6 is 0 Å². The third-order valence-corrected chi connectivity index (χ3v) is 7.21. The molecule has 0 bridgehead atoms. The number of benzene rings is 2.